The molecule has 4 rings (SSSR count). The predicted molar refractivity (Wildman–Crippen MR) is 97.8 cm³/mol. The summed E-state index contributed by atoms with van der Waals surface area (Å²) in [6.45, 7) is 0. The van der Waals surface area contributed by atoms with E-state index in [1.54, 1.807) is 12.1 Å². The Morgan fingerprint density at radius 3 is 2.50 bits per heavy atom. The van der Waals surface area contributed by atoms with E-state index in [-0.39, 0.29) is 5.75 Å². The second-order valence-corrected chi connectivity index (χ2v) is 8.23. The van der Waals surface area contributed by atoms with Crippen molar-refractivity contribution in [3.63, 3.8) is 0 Å². The first-order valence-corrected chi connectivity index (χ1v) is 10.2. The van der Waals surface area contributed by atoms with E-state index in [0.717, 1.165) is 28.7 Å². The zero-order valence-electron chi connectivity index (χ0n) is 13.9. The number of imidazole rings is 1. The van der Waals surface area contributed by atoms with Crippen LogP contribution in [0.15, 0.2) is 71.2 Å². The lowest BCUT2D eigenvalue weighted by Gasteiger charge is -2.10. The first-order valence-electron chi connectivity index (χ1n) is 7.87. The summed E-state index contributed by atoms with van der Waals surface area (Å²) in [4.78, 5) is 4.70. The molecule has 144 valence electrons. The molecule has 0 saturated carbocycles. The second-order valence-electron chi connectivity index (χ2n) is 5.81. The third kappa shape index (κ3) is 3.60. The molecule has 28 heavy (non-hydrogen) atoms. The van der Waals surface area contributed by atoms with Gasteiger partial charge in [0.15, 0.2) is 4.96 Å². The fraction of sp³-hybridized carbons (Fsp3) is 0.0556. The Balaban J connectivity index is 1.57. The topological polar surface area (TPSA) is 60.7 Å². The summed E-state index contributed by atoms with van der Waals surface area (Å²) in [6.07, 6.45) is -0.942. The number of hydrogen-bond acceptors (Lipinski definition) is 5. The maximum atomic E-state index is 12.8. The van der Waals surface area contributed by atoms with Gasteiger partial charge >= 0.3 is 16.3 Å². The SMILES string of the molecule is O=S(=O)(Oc1ccc(-c2cn3ccsc3n2)cc1)c1cccc(C(F)(F)F)c1. The van der Waals surface area contributed by atoms with Crippen molar-refractivity contribution >= 4 is 26.4 Å². The van der Waals surface area contributed by atoms with E-state index < -0.39 is 26.8 Å². The number of alkyl halides is 3. The minimum atomic E-state index is -4.65. The number of hydrogen-bond donors (Lipinski definition) is 0. The fourth-order valence-electron chi connectivity index (χ4n) is 2.55. The van der Waals surface area contributed by atoms with Gasteiger partial charge in [0.25, 0.3) is 0 Å². The summed E-state index contributed by atoms with van der Waals surface area (Å²) in [5.41, 5.74) is 0.395. The average molecular weight is 424 g/mol. The molecule has 0 atom stereocenters. The van der Waals surface area contributed by atoms with Gasteiger partial charge in [-0.05, 0) is 42.5 Å². The number of nitrogens with zero attached hydrogens (tertiary/aromatic N) is 2. The second kappa shape index (κ2) is 6.64. The van der Waals surface area contributed by atoms with E-state index >= 15 is 0 Å². The van der Waals surface area contributed by atoms with Crippen LogP contribution in [0.5, 0.6) is 5.75 Å². The largest absolute Gasteiger partial charge is 0.416 e. The lowest BCUT2D eigenvalue weighted by molar-refractivity contribution is -0.137. The van der Waals surface area contributed by atoms with Gasteiger partial charge in [0.2, 0.25) is 0 Å². The quantitative estimate of drug-likeness (QED) is 0.440. The molecule has 2 heterocycles. The predicted octanol–water partition coefficient (Wildman–Crippen LogP) is 4.85. The van der Waals surface area contributed by atoms with Gasteiger partial charge in [-0.3, -0.25) is 4.40 Å². The molecule has 0 amide bonds. The molecule has 0 spiro atoms. The maximum absolute atomic E-state index is 12.8. The molecule has 0 bridgehead atoms. The summed E-state index contributed by atoms with van der Waals surface area (Å²) in [5.74, 6) is -0.0119. The Kier molecular flexibility index (Phi) is 4.39. The van der Waals surface area contributed by atoms with Crippen LogP contribution in [0.3, 0.4) is 0 Å². The molecule has 0 N–H and O–H groups in total. The van der Waals surface area contributed by atoms with Crippen LogP contribution in [0.4, 0.5) is 13.2 Å². The van der Waals surface area contributed by atoms with Crippen molar-refractivity contribution in [3.05, 3.63) is 71.9 Å². The van der Waals surface area contributed by atoms with Crippen LogP contribution in [0, 0.1) is 0 Å². The summed E-state index contributed by atoms with van der Waals surface area (Å²) >= 11 is 1.48. The number of aromatic nitrogens is 2. The van der Waals surface area contributed by atoms with E-state index in [0.29, 0.717) is 11.8 Å². The van der Waals surface area contributed by atoms with E-state index in [1.165, 1.54) is 23.5 Å². The molecule has 10 heteroatoms. The van der Waals surface area contributed by atoms with E-state index in [2.05, 4.69) is 4.98 Å². The highest BCUT2D eigenvalue weighted by molar-refractivity contribution is 7.87. The third-order valence-corrected chi connectivity index (χ3v) is 5.91. The molecule has 4 aromatic rings. The highest BCUT2D eigenvalue weighted by Gasteiger charge is 2.32. The smallest absolute Gasteiger partial charge is 0.379 e. The number of rotatable bonds is 4. The minimum Gasteiger partial charge on any atom is -0.379 e. The van der Waals surface area contributed by atoms with Crippen LogP contribution >= 0.6 is 11.3 Å². The van der Waals surface area contributed by atoms with Crippen molar-refractivity contribution in [1.29, 1.82) is 0 Å². The van der Waals surface area contributed by atoms with Gasteiger partial charge < -0.3 is 4.18 Å². The third-order valence-electron chi connectivity index (χ3n) is 3.90. The Labute approximate surface area is 161 Å². The Morgan fingerprint density at radius 1 is 1.07 bits per heavy atom. The molecule has 0 fully saturated rings. The lowest BCUT2D eigenvalue weighted by Crippen LogP contribution is -2.12. The Hall–Kier alpha value is -2.85. The van der Waals surface area contributed by atoms with Crippen molar-refractivity contribution in [2.75, 3.05) is 0 Å². The van der Waals surface area contributed by atoms with Crippen LogP contribution in [0.2, 0.25) is 0 Å². The van der Waals surface area contributed by atoms with Gasteiger partial charge in [-0.2, -0.15) is 21.6 Å². The fourth-order valence-corrected chi connectivity index (χ4v) is 4.23. The van der Waals surface area contributed by atoms with Gasteiger partial charge in [0.1, 0.15) is 10.6 Å². The van der Waals surface area contributed by atoms with Crippen molar-refractivity contribution < 1.29 is 25.8 Å². The van der Waals surface area contributed by atoms with Gasteiger partial charge in [0.05, 0.1) is 11.3 Å². The lowest BCUT2D eigenvalue weighted by atomic mass is 10.2. The van der Waals surface area contributed by atoms with Crippen molar-refractivity contribution in [2.45, 2.75) is 11.1 Å². The zero-order valence-corrected chi connectivity index (χ0v) is 15.6. The molecule has 5 nitrogen and oxygen atoms in total. The highest BCUT2D eigenvalue weighted by atomic mass is 32.2. The maximum Gasteiger partial charge on any atom is 0.416 e. The van der Waals surface area contributed by atoms with Gasteiger partial charge in [-0.25, -0.2) is 4.98 Å². The van der Waals surface area contributed by atoms with Gasteiger partial charge in [0, 0.05) is 23.3 Å². The van der Waals surface area contributed by atoms with Crippen molar-refractivity contribution in [2.24, 2.45) is 0 Å². The normalized spacial score (nSPS) is 12.4. The van der Waals surface area contributed by atoms with Crippen LogP contribution in [0.1, 0.15) is 5.56 Å². The minimum absolute atomic E-state index is 0.0119. The molecular formula is C18H11F3N2O3S2. The number of benzene rings is 2. The van der Waals surface area contributed by atoms with Crippen LogP contribution in [0.25, 0.3) is 16.2 Å². The van der Waals surface area contributed by atoms with Crippen LogP contribution in [-0.2, 0) is 16.3 Å². The first kappa shape index (κ1) is 18.5. The number of fused-ring (bicyclic) bond motifs is 1. The molecule has 0 unspecified atom stereocenters. The molecule has 0 aliphatic carbocycles. The van der Waals surface area contributed by atoms with E-state index in [4.69, 9.17) is 4.18 Å². The standard InChI is InChI=1S/C18H11F3N2O3S2/c19-18(20,21)13-2-1-3-15(10-13)28(24,25)26-14-6-4-12(5-7-14)16-11-23-8-9-27-17(23)22-16/h1-11H. The summed E-state index contributed by atoms with van der Waals surface area (Å²) in [5, 5.41) is 1.90. The molecular weight excluding hydrogens is 413 g/mol. The molecule has 2 aromatic carbocycles. The Morgan fingerprint density at radius 2 is 1.82 bits per heavy atom. The van der Waals surface area contributed by atoms with E-state index in [1.807, 2.05) is 22.2 Å². The van der Waals surface area contributed by atoms with Gasteiger partial charge in [-0.15, -0.1) is 11.3 Å². The number of thiazole rings is 1. The monoisotopic (exact) mass is 424 g/mol. The summed E-state index contributed by atoms with van der Waals surface area (Å²) in [7, 11) is -4.40. The Bertz CT molecular complexity index is 1210. The highest BCUT2D eigenvalue weighted by Crippen LogP contribution is 2.31. The van der Waals surface area contributed by atoms with Gasteiger partial charge in [-0.1, -0.05) is 6.07 Å². The molecule has 0 radical (unpaired) electrons. The summed E-state index contributed by atoms with van der Waals surface area (Å²) in [6, 6.07) is 9.52. The molecule has 0 aliphatic heterocycles. The average Bonchev–Trinajstić information content (AvgIpc) is 3.23. The van der Waals surface area contributed by atoms with Crippen molar-refractivity contribution in [1.82, 2.24) is 9.38 Å². The molecule has 0 saturated heterocycles. The number of halogens is 3. The molecule has 0 aliphatic rings. The zero-order chi connectivity index (χ0) is 19.9. The van der Waals surface area contributed by atoms with Crippen molar-refractivity contribution in [3.8, 4) is 17.0 Å². The van der Waals surface area contributed by atoms with E-state index in [9.17, 15) is 21.6 Å². The summed E-state index contributed by atoms with van der Waals surface area (Å²) < 4.78 is 69.9. The first-order chi connectivity index (χ1) is 13.2. The molecule has 2 aromatic heterocycles. The van der Waals surface area contributed by atoms with Crippen LogP contribution in [-0.4, -0.2) is 17.8 Å². The van der Waals surface area contributed by atoms with Crippen LogP contribution < -0.4 is 4.18 Å².